The molecule has 5 nitrogen and oxygen atoms in total. The topological polar surface area (TPSA) is 59.8 Å². The summed E-state index contributed by atoms with van der Waals surface area (Å²) < 4.78 is 24.8. The van der Waals surface area contributed by atoms with Gasteiger partial charge < -0.3 is 0 Å². The van der Waals surface area contributed by atoms with E-state index in [2.05, 4.69) is 10.1 Å². The van der Waals surface area contributed by atoms with Crippen LogP contribution >= 0.6 is 0 Å². The summed E-state index contributed by atoms with van der Waals surface area (Å²) in [4.78, 5) is 14.3. The predicted octanol–water partition coefficient (Wildman–Crippen LogP) is 0.327. The summed E-state index contributed by atoms with van der Waals surface area (Å²) in [6.45, 7) is 1.60. The second-order valence-corrected chi connectivity index (χ2v) is 2.40. The second-order valence-electron chi connectivity index (χ2n) is 2.40. The van der Waals surface area contributed by atoms with Gasteiger partial charge in [-0.25, -0.2) is 4.68 Å². The van der Waals surface area contributed by atoms with Crippen molar-refractivity contribution >= 4 is 11.9 Å². The number of nitrogens with zero attached hydrogens (tertiary/aromatic N) is 3. The van der Waals surface area contributed by atoms with Crippen LogP contribution < -0.4 is 5.32 Å². The van der Waals surface area contributed by atoms with Crippen LogP contribution in [-0.4, -0.2) is 27.1 Å². The molecule has 0 atom stereocenters. The van der Waals surface area contributed by atoms with E-state index >= 15 is 0 Å². The Morgan fingerprint density at radius 2 is 2.23 bits per heavy atom. The van der Waals surface area contributed by atoms with E-state index in [4.69, 9.17) is 0 Å². The molecule has 0 radical (unpaired) electrons. The molecule has 7 heteroatoms. The van der Waals surface area contributed by atoms with Crippen LogP contribution in [0.2, 0.25) is 0 Å². The lowest BCUT2D eigenvalue weighted by Crippen LogP contribution is -2.22. The Morgan fingerprint density at radius 3 is 2.62 bits per heavy atom. The third-order valence-electron chi connectivity index (χ3n) is 1.30. The summed E-state index contributed by atoms with van der Waals surface area (Å²) >= 11 is 0. The number of rotatable bonds is 2. The number of aromatic nitrogens is 3. The quantitative estimate of drug-likeness (QED) is 0.730. The van der Waals surface area contributed by atoms with Gasteiger partial charge in [-0.2, -0.15) is 18.9 Å². The summed E-state index contributed by atoms with van der Waals surface area (Å²) in [6.07, 6.45) is -3.04. The molecule has 1 heterocycles. The summed E-state index contributed by atoms with van der Waals surface area (Å²) in [7, 11) is 1.50. The molecule has 0 aliphatic carbocycles. The van der Waals surface area contributed by atoms with E-state index in [1.165, 1.54) is 11.7 Å². The lowest BCUT2D eigenvalue weighted by Gasteiger charge is -2.01. The third-order valence-corrected chi connectivity index (χ3v) is 1.30. The maximum atomic E-state index is 11.8. The van der Waals surface area contributed by atoms with Crippen LogP contribution in [0, 0.1) is 6.92 Å². The van der Waals surface area contributed by atoms with Gasteiger partial charge in [0.15, 0.2) is 0 Å². The first-order chi connectivity index (χ1) is 6.00. The van der Waals surface area contributed by atoms with E-state index in [1.54, 1.807) is 6.92 Å². The van der Waals surface area contributed by atoms with Crippen molar-refractivity contribution < 1.29 is 13.6 Å². The minimum absolute atomic E-state index is 0.0165. The van der Waals surface area contributed by atoms with Gasteiger partial charge in [-0.05, 0) is 6.92 Å². The fraction of sp³-hybridized carbons (Fsp3) is 0.500. The molecule has 0 aliphatic rings. The van der Waals surface area contributed by atoms with Crippen LogP contribution in [0.4, 0.5) is 14.7 Å². The van der Waals surface area contributed by atoms with Gasteiger partial charge in [-0.3, -0.25) is 10.1 Å². The van der Waals surface area contributed by atoms with Gasteiger partial charge in [-0.15, -0.1) is 0 Å². The van der Waals surface area contributed by atoms with Crippen molar-refractivity contribution in [3.63, 3.8) is 0 Å². The highest BCUT2D eigenvalue weighted by atomic mass is 19.3. The van der Waals surface area contributed by atoms with Crippen molar-refractivity contribution in [1.82, 2.24) is 14.8 Å². The van der Waals surface area contributed by atoms with Crippen molar-refractivity contribution in [2.24, 2.45) is 7.05 Å². The molecule has 0 spiro atoms. The van der Waals surface area contributed by atoms with Crippen LogP contribution in [0.1, 0.15) is 5.82 Å². The number of halogens is 2. The summed E-state index contributed by atoms with van der Waals surface area (Å²) in [5.41, 5.74) is 0. The Balaban J connectivity index is 2.74. The first-order valence-corrected chi connectivity index (χ1v) is 3.47. The highest BCUT2D eigenvalue weighted by Crippen LogP contribution is 2.03. The van der Waals surface area contributed by atoms with Gasteiger partial charge >= 0.3 is 6.43 Å². The molecule has 13 heavy (non-hydrogen) atoms. The molecule has 0 fully saturated rings. The fourth-order valence-corrected chi connectivity index (χ4v) is 0.786. The van der Waals surface area contributed by atoms with E-state index in [1.807, 2.05) is 5.32 Å². The van der Waals surface area contributed by atoms with Crippen LogP contribution in [0.3, 0.4) is 0 Å². The minimum Gasteiger partial charge on any atom is -0.290 e. The van der Waals surface area contributed by atoms with E-state index in [9.17, 15) is 13.6 Å². The number of alkyl halides is 2. The zero-order valence-electron chi connectivity index (χ0n) is 7.08. The van der Waals surface area contributed by atoms with E-state index in [0.29, 0.717) is 5.82 Å². The molecule has 0 saturated carbocycles. The number of hydrogen-bond donors (Lipinski definition) is 1. The minimum atomic E-state index is -3.04. The summed E-state index contributed by atoms with van der Waals surface area (Å²) in [6, 6.07) is 0. The average molecular weight is 190 g/mol. The van der Waals surface area contributed by atoms with Crippen molar-refractivity contribution in [3.8, 4) is 0 Å². The van der Waals surface area contributed by atoms with Gasteiger partial charge in [-0.1, -0.05) is 0 Å². The van der Waals surface area contributed by atoms with Gasteiger partial charge in [0.2, 0.25) is 5.95 Å². The molecule has 1 aromatic heterocycles. The zero-order valence-corrected chi connectivity index (χ0v) is 7.08. The largest absolute Gasteiger partial charge is 0.315 e. The average Bonchev–Trinajstić information content (AvgIpc) is 2.30. The summed E-state index contributed by atoms with van der Waals surface area (Å²) in [5.74, 6) is -0.953. The monoisotopic (exact) mass is 190 g/mol. The first-order valence-electron chi connectivity index (χ1n) is 3.47. The van der Waals surface area contributed by atoms with Crippen LogP contribution in [0.15, 0.2) is 0 Å². The van der Waals surface area contributed by atoms with Crippen molar-refractivity contribution in [2.75, 3.05) is 5.32 Å². The first kappa shape index (κ1) is 9.56. The van der Waals surface area contributed by atoms with Crippen LogP contribution in [0.5, 0.6) is 0 Å². The van der Waals surface area contributed by atoms with Crippen LogP contribution in [0.25, 0.3) is 0 Å². The Labute approximate surface area is 72.8 Å². The number of amides is 1. The SMILES string of the molecule is Cc1nc(NC(=O)C(F)F)n(C)n1. The molecule has 1 aromatic rings. The standard InChI is InChI=1S/C6H8F2N4O/c1-3-9-6(12(2)11-3)10-5(13)4(7)8/h4H,1-2H3,(H,9,10,11,13). The van der Waals surface area contributed by atoms with Gasteiger partial charge in [0.25, 0.3) is 5.91 Å². The van der Waals surface area contributed by atoms with Gasteiger partial charge in [0, 0.05) is 7.05 Å². The lowest BCUT2D eigenvalue weighted by atomic mass is 10.6. The Kier molecular flexibility index (Phi) is 2.54. The number of hydrogen-bond acceptors (Lipinski definition) is 3. The van der Waals surface area contributed by atoms with Gasteiger partial charge in [0.05, 0.1) is 0 Å². The fourth-order valence-electron chi connectivity index (χ4n) is 0.786. The molecular weight excluding hydrogens is 182 g/mol. The molecule has 1 N–H and O–H groups in total. The third kappa shape index (κ3) is 2.20. The molecule has 0 saturated heterocycles. The Bertz CT molecular complexity index is 322. The molecule has 0 bridgehead atoms. The molecule has 1 amide bonds. The number of anilines is 1. The highest BCUT2D eigenvalue weighted by Gasteiger charge is 2.17. The summed E-state index contributed by atoms with van der Waals surface area (Å²) in [5, 5.41) is 5.70. The normalized spacial score (nSPS) is 10.5. The number of carbonyl (C=O) groups is 1. The number of aryl methyl sites for hydroxylation is 2. The van der Waals surface area contributed by atoms with E-state index < -0.39 is 12.3 Å². The molecule has 0 aliphatic heterocycles. The molecule has 72 valence electrons. The zero-order chi connectivity index (χ0) is 10.0. The predicted molar refractivity (Wildman–Crippen MR) is 40.4 cm³/mol. The van der Waals surface area contributed by atoms with Crippen LogP contribution in [-0.2, 0) is 11.8 Å². The van der Waals surface area contributed by atoms with Crippen molar-refractivity contribution in [1.29, 1.82) is 0 Å². The molecular formula is C6H8F2N4O. The van der Waals surface area contributed by atoms with Crippen molar-refractivity contribution in [3.05, 3.63) is 5.82 Å². The number of nitrogens with one attached hydrogen (secondary N) is 1. The molecule has 0 unspecified atom stereocenters. The molecule has 1 rings (SSSR count). The maximum Gasteiger partial charge on any atom is 0.315 e. The Hall–Kier alpha value is -1.53. The van der Waals surface area contributed by atoms with E-state index in [0.717, 1.165) is 0 Å². The van der Waals surface area contributed by atoms with E-state index in [-0.39, 0.29) is 5.95 Å². The maximum absolute atomic E-state index is 11.8. The smallest absolute Gasteiger partial charge is 0.290 e. The Morgan fingerprint density at radius 1 is 1.62 bits per heavy atom. The molecule has 0 aromatic carbocycles. The van der Waals surface area contributed by atoms with Crippen molar-refractivity contribution in [2.45, 2.75) is 13.3 Å². The second kappa shape index (κ2) is 3.46. The lowest BCUT2D eigenvalue weighted by molar-refractivity contribution is -0.126. The number of carbonyl (C=O) groups excluding carboxylic acids is 1. The van der Waals surface area contributed by atoms with Gasteiger partial charge in [0.1, 0.15) is 5.82 Å². The highest BCUT2D eigenvalue weighted by molar-refractivity contribution is 5.91.